The summed E-state index contributed by atoms with van der Waals surface area (Å²) in [5.74, 6) is -0.446. The maximum atomic E-state index is 11.5. The number of hydrogen-bond donors (Lipinski definition) is 6. The number of aliphatic hydroxyl groups is 5. The number of carbonyl (C=O) groups is 1. The maximum absolute atomic E-state index is 11.5. The van der Waals surface area contributed by atoms with Gasteiger partial charge in [0.1, 0.15) is 48.8 Å². The van der Waals surface area contributed by atoms with Crippen molar-refractivity contribution in [2.45, 2.75) is 68.3 Å². The van der Waals surface area contributed by atoms with Gasteiger partial charge in [-0.3, -0.25) is 4.79 Å². The normalized spacial score (nSPS) is 44.3. The second kappa shape index (κ2) is 10.2. The van der Waals surface area contributed by atoms with Crippen LogP contribution in [0.2, 0.25) is 0 Å². The van der Waals surface area contributed by atoms with Gasteiger partial charge in [0.15, 0.2) is 12.6 Å². The van der Waals surface area contributed by atoms with Crippen LogP contribution >= 0.6 is 0 Å². The Morgan fingerprint density at radius 3 is 2.00 bits per heavy atom. The molecule has 2 aliphatic rings. The van der Waals surface area contributed by atoms with Gasteiger partial charge in [0.05, 0.1) is 13.2 Å². The van der Waals surface area contributed by atoms with E-state index in [0.29, 0.717) is 0 Å². The predicted octanol–water partition coefficient (Wildman–Crippen LogP) is -3.95. The van der Waals surface area contributed by atoms with Crippen molar-refractivity contribution < 1.29 is 54.0 Å². The first-order valence-electron chi connectivity index (χ1n) is 8.84. The van der Waals surface area contributed by atoms with E-state index >= 15 is 0 Å². The highest BCUT2D eigenvalue weighted by Crippen LogP contribution is 2.30. The second-order valence-electron chi connectivity index (χ2n) is 6.69. The van der Waals surface area contributed by atoms with Crippen molar-refractivity contribution in [2.24, 2.45) is 0 Å². The molecule has 0 spiro atoms. The SMILES string of the molecule is COC1OC(CO)C(OC2OC(CO)C(O)C(O)C2OC)C(O)C1NC(C)=O. The van der Waals surface area contributed by atoms with Crippen LogP contribution in [-0.4, -0.2) is 120 Å². The molecule has 0 radical (unpaired) electrons. The Labute approximate surface area is 161 Å². The number of rotatable bonds is 7. The summed E-state index contributed by atoms with van der Waals surface area (Å²) in [6.45, 7) is 0.109. The molecule has 10 atom stereocenters. The molecule has 2 aliphatic heterocycles. The molecule has 0 saturated carbocycles. The summed E-state index contributed by atoms with van der Waals surface area (Å²) >= 11 is 0. The molecule has 0 bridgehead atoms. The minimum atomic E-state index is -1.44. The third kappa shape index (κ3) is 4.79. The Hall–Kier alpha value is -0.930. The van der Waals surface area contributed by atoms with Gasteiger partial charge < -0.3 is 54.5 Å². The lowest BCUT2D eigenvalue weighted by Gasteiger charge is -2.47. The van der Waals surface area contributed by atoms with Crippen molar-refractivity contribution in [3.63, 3.8) is 0 Å². The van der Waals surface area contributed by atoms with E-state index < -0.39 is 80.5 Å². The highest BCUT2D eigenvalue weighted by atomic mass is 16.7. The van der Waals surface area contributed by atoms with Crippen LogP contribution < -0.4 is 5.32 Å². The fourth-order valence-corrected chi connectivity index (χ4v) is 3.40. The Morgan fingerprint density at radius 1 is 0.893 bits per heavy atom. The van der Waals surface area contributed by atoms with Crippen LogP contribution in [0.4, 0.5) is 0 Å². The van der Waals surface area contributed by atoms with Gasteiger partial charge in [0.25, 0.3) is 0 Å². The van der Waals surface area contributed by atoms with E-state index in [2.05, 4.69) is 5.32 Å². The molecule has 1 amide bonds. The van der Waals surface area contributed by atoms with Crippen molar-refractivity contribution >= 4 is 5.91 Å². The summed E-state index contributed by atoms with van der Waals surface area (Å²) in [7, 11) is 2.58. The molecule has 2 saturated heterocycles. The zero-order chi connectivity index (χ0) is 21.0. The molecule has 0 aliphatic carbocycles. The topological polar surface area (TPSA) is 176 Å². The first-order chi connectivity index (χ1) is 13.3. The zero-order valence-electron chi connectivity index (χ0n) is 15.9. The third-order valence-electron chi connectivity index (χ3n) is 4.84. The van der Waals surface area contributed by atoms with E-state index in [9.17, 15) is 30.3 Å². The zero-order valence-corrected chi connectivity index (χ0v) is 15.9. The second-order valence-corrected chi connectivity index (χ2v) is 6.69. The molecule has 6 N–H and O–H groups in total. The Balaban J connectivity index is 2.23. The molecular weight excluding hydrogens is 382 g/mol. The number of nitrogens with one attached hydrogen (secondary N) is 1. The first kappa shape index (κ1) is 23.3. The van der Waals surface area contributed by atoms with Gasteiger partial charge in [-0.1, -0.05) is 0 Å². The average molecular weight is 411 g/mol. The molecule has 2 heterocycles. The Kier molecular flexibility index (Phi) is 8.51. The summed E-state index contributed by atoms with van der Waals surface area (Å²) < 4.78 is 27.0. The van der Waals surface area contributed by atoms with E-state index in [0.717, 1.165) is 0 Å². The smallest absolute Gasteiger partial charge is 0.217 e. The van der Waals surface area contributed by atoms with Crippen LogP contribution in [0.3, 0.4) is 0 Å². The van der Waals surface area contributed by atoms with Crippen molar-refractivity contribution in [3.8, 4) is 0 Å². The molecule has 0 aromatic heterocycles. The van der Waals surface area contributed by atoms with Gasteiger partial charge in [-0.15, -0.1) is 0 Å². The summed E-state index contributed by atoms with van der Waals surface area (Å²) in [6, 6.07) is -1.01. The van der Waals surface area contributed by atoms with E-state index in [1.807, 2.05) is 0 Å². The highest BCUT2D eigenvalue weighted by molar-refractivity contribution is 5.73. The molecule has 2 fully saturated rings. The van der Waals surface area contributed by atoms with Gasteiger partial charge >= 0.3 is 0 Å². The Morgan fingerprint density at radius 2 is 1.50 bits per heavy atom. The van der Waals surface area contributed by atoms with Crippen molar-refractivity contribution in [1.82, 2.24) is 5.32 Å². The minimum Gasteiger partial charge on any atom is -0.394 e. The van der Waals surface area contributed by atoms with E-state index in [-0.39, 0.29) is 0 Å². The predicted molar refractivity (Wildman–Crippen MR) is 89.8 cm³/mol. The molecule has 10 unspecified atom stereocenters. The number of carbonyl (C=O) groups excluding carboxylic acids is 1. The quantitative estimate of drug-likeness (QED) is 0.241. The monoisotopic (exact) mass is 411 g/mol. The van der Waals surface area contributed by atoms with Gasteiger partial charge in [-0.25, -0.2) is 0 Å². The lowest BCUT2D eigenvalue weighted by Crippen LogP contribution is -2.67. The summed E-state index contributed by atoms with van der Waals surface area (Å²) in [5, 5.41) is 52.4. The van der Waals surface area contributed by atoms with Gasteiger partial charge in [0.2, 0.25) is 5.91 Å². The molecule has 12 heteroatoms. The largest absolute Gasteiger partial charge is 0.394 e. The highest BCUT2D eigenvalue weighted by Gasteiger charge is 2.51. The molecule has 28 heavy (non-hydrogen) atoms. The number of hydrogen-bond acceptors (Lipinski definition) is 11. The van der Waals surface area contributed by atoms with Crippen molar-refractivity contribution in [3.05, 3.63) is 0 Å². The van der Waals surface area contributed by atoms with Gasteiger partial charge in [-0.05, 0) is 0 Å². The molecular formula is C16H29NO11. The van der Waals surface area contributed by atoms with Gasteiger partial charge in [-0.2, -0.15) is 0 Å². The van der Waals surface area contributed by atoms with Crippen LogP contribution in [0.15, 0.2) is 0 Å². The van der Waals surface area contributed by atoms with Crippen LogP contribution in [-0.2, 0) is 28.5 Å². The third-order valence-corrected chi connectivity index (χ3v) is 4.84. The number of ether oxygens (including phenoxy) is 5. The maximum Gasteiger partial charge on any atom is 0.217 e. The van der Waals surface area contributed by atoms with Crippen LogP contribution in [0, 0.1) is 0 Å². The van der Waals surface area contributed by atoms with Crippen LogP contribution in [0.1, 0.15) is 6.92 Å². The number of aliphatic hydroxyl groups excluding tert-OH is 5. The fourth-order valence-electron chi connectivity index (χ4n) is 3.40. The van der Waals surface area contributed by atoms with Crippen molar-refractivity contribution in [2.75, 3.05) is 27.4 Å². The van der Waals surface area contributed by atoms with Gasteiger partial charge in [0, 0.05) is 21.1 Å². The van der Waals surface area contributed by atoms with Crippen LogP contribution in [0.5, 0.6) is 0 Å². The summed E-state index contributed by atoms with van der Waals surface area (Å²) in [5.41, 5.74) is 0. The molecule has 0 aromatic rings. The number of methoxy groups -OCH3 is 2. The van der Waals surface area contributed by atoms with E-state index in [1.165, 1.54) is 21.1 Å². The average Bonchev–Trinajstić information content (AvgIpc) is 2.67. The van der Waals surface area contributed by atoms with E-state index in [1.54, 1.807) is 0 Å². The summed E-state index contributed by atoms with van der Waals surface area (Å²) in [4.78, 5) is 11.5. The lowest BCUT2D eigenvalue weighted by atomic mass is 9.95. The number of amides is 1. The van der Waals surface area contributed by atoms with Crippen molar-refractivity contribution in [1.29, 1.82) is 0 Å². The first-order valence-corrected chi connectivity index (χ1v) is 8.84. The Bertz CT molecular complexity index is 509. The molecule has 164 valence electrons. The minimum absolute atomic E-state index is 0.446. The van der Waals surface area contributed by atoms with Crippen LogP contribution in [0.25, 0.3) is 0 Å². The lowest BCUT2D eigenvalue weighted by molar-refractivity contribution is -0.349. The standard InChI is InChI=1S/C16H29NO11/c1-6(20)17-9-11(22)13(8(5-19)27-15(9)25-3)28-16-14(24-2)12(23)10(21)7(4-18)26-16/h7-16,18-19,21-23H,4-5H2,1-3H3,(H,17,20). The molecule has 0 aromatic carbocycles. The summed E-state index contributed by atoms with van der Waals surface area (Å²) in [6.07, 6.45) is -11.2. The fraction of sp³-hybridized carbons (Fsp3) is 0.938. The van der Waals surface area contributed by atoms with E-state index in [4.69, 9.17) is 23.7 Å². The molecule has 2 rings (SSSR count). The molecule has 12 nitrogen and oxygen atoms in total.